The number of carbonyl (C=O) groups excluding carboxylic acids is 1. The number of hydrogen-bond acceptors (Lipinski definition) is 4. The fourth-order valence-electron chi connectivity index (χ4n) is 2.42. The number of benzene rings is 1. The normalized spacial score (nSPS) is 22.8. The molecule has 0 bridgehead atoms. The van der Waals surface area contributed by atoms with Crippen LogP contribution in [0, 0.1) is 5.92 Å². The van der Waals surface area contributed by atoms with E-state index in [0.717, 1.165) is 24.9 Å². The molecular weight excluding hydrogens is 242 g/mol. The van der Waals surface area contributed by atoms with Gasteiger partial charge in [-0.3, -0.25) is 4.79 Å². The summed E-state index contributed by atoms with van der Waals surface area (Å²) in [6, 6.07) is 6.62. The lowest BCUT2D eigenvalue weighted by molar-refractivity contribution is -0.150. The van der Waals surface area contributed by atoms with Crippen LogP contribution in [-0.4, -0.2) is 23.7 Å². The van der Waals surface area contributed by atoms with Crippen LogP contribution in [0.25, 0.3) is 0 Å². The predicted molar refractivity (Wildman–Crippen MR) is 74.1 cm³/mol. The lowest BCUT2D eigenvalue weighted by Gasteiger charge is -2.28. The molecule has 2 rings (SSSR count). The molecule has 4 heteroatoms. The van der Waals surface area contributed by atoms with Gasteiger partial charge in [0.05, 0.1) is 0 Å². The van der Waals surface area contributed by atoms with E-state index in [1.807, 2.05) is 0 Å². The van der Waals surface area contributed by atoms with Crippen LogP contribution in [0.4, 0.5) is 5.69 Å². The van der Waals surface area contributed by atoms with Gasteiger partial charge in [-0.2, -0.15) is 0 Å². The highest BCUT2D eigenvalue weighted by molar-refractivity contribution is 5.75. The smallest absolute Gasteiger partial charge is 0.325 e. The molecule has 0 heterocycles. The summed E-state index contributed by atoms with van der Waals surface area (Å²) in [6.45, 7) is 2.30. The molecule has 4 nitrogen and oxygen atoms in total. The zero-order chi connectivity index (χ0) is 13.7. The zero-order valence-electron chi connectivity index (χ0n) is 11.3. The largest absolute Gasteiger partial charge is 0.508 e. The molecule has 0 amide bonds. The number of esters is 1. The van der Waals surface area contributed by atoms with E-state index in [0.29, 0.717) is 5.92 Å². The molecule has 1 aliphatic carbocycles. The van der Waals surface area contributed by atoms with Crippen LogP contribution < -0.4 is 5.32 Å². The summed E-state index contributed by atoms with van der Waals surface area (Å²) in [6.07, 6.45) is 4.58. The van der Waals surface area contributed by atoms with Gasteiger partial charge in [0.2, 0.25) is 0 Å². The molecule has 1 saturated carbocycles. The van der Waals surface area contributed by atoms with E-state index in [2.05, 4.69) is 12.2 Å². The van der Waals surface area contributed by atoms with Gasteiger partial charge in [0, 0.05) is 5.69 Å². The Morgan fingerprint density at radius 1 is 1.32 bits per heavy atom. The van der Waals surface area contributed by atoms with Gasteiger partial charge in [0.1, 0.15) is 18.4 Å². The molecule has 19 heavy (non-hydrogen) atoms. The Kier molecular flexibility index (Phi) is 4.66. The van der Waals surface area contributed by atoms with Gasteiger partial charge in [-0.1, -0.05) is 13.3 Å². The van der Waals surface area contributed by atoms with Crippen LogP contribution in [0.5, 0.6) is 5.75 Å². The van der Waals surface area contributed by atoms with E-state index in [1.165, 1.54) is 6.42 Å². The summed E-state index contributed by atoms with van der Waals surface area (Å²) in [5.41, 5.74) is 0.798. The van der Waals surface area contributed by atoms with E-state index in [9.17, 15) is 4.79 Å². The van der Waals surface area contributed by atoms with Crippen molar-refractivity contribution in [2.45, 2.75) is 38.7 Å². The van der Waals surface area contributed by atoms with Crippen LogP contribution in [0.1, 0.15) is 32.6 Å². The van der Waals surface area contributed by atoms with Crippen molar-refractivity contribution < 1.29 is 14.6 Å². The molecule has 104 valence electrons. The molecular formula is C15H21NO3. The van der Waals surface area contributed by atoms with Crippen LogP contribution in [0.2, 0.25) is 0 Å². The van der Waals surface area contributed by atoms with E-state index in [1.54, 1.807) is 24.3 Å². The third-order valence-corrected chi connectivity index (χ3v) is 3.62. The van der Waals surface area contributed by atoms with Crippen molar-refractivity contribution >= 4 is 11.7 Å². The lowest BCUT2D eigenvalue weighted by Crippen LogP contribution is -2.30. The fraction of sp³-hybridized carbons (Fsp3) is 0.533. The Labute approximate surface area is 113 Å². The number of anilines is 1. The standard InChI is InChI=1S/C15H21NO3/c1-11-4-2-3-5-14(11)19-15(18)10-16-12-6-8-13(17)9-7-12/h6-9,11,14,16-17H,2-5,10H2,1H3. The van der Waals surface area contributed by atoms with Crippen LogP contribution in [0.15, 0.2) is 24.3 Å². The van der Waals surface area contributed by atoms with E-state index >= 15 is 0 Å². The SMILES string of the molecule is CC1CCCCC1OC(=O)CNc1ccc(O)cc1. The first kappa shape index (κ1) is 13.7. The Morgan fingerprint density at radius 3 is 2.68 bits per heavy atom. The van der Waals surface area contributed by atoms with Crippen molar-refractivity contribution in [1.29, 1.82) is 0 Å². The second-order valence-corrected chi connectivity index (χ2v) is 5.19. The monoisotopic (exact) mass is 263 g/mol. The van der Waals surface area contributed by atoms with E-state index in [-0.39, 0.29) is 24.4 Å². The van der Waals surface area contributed by atoms with Gasteiger partial charge in [-0.25, -0.2) is 0 Å². The second kappa shape index (κ2) is 6.45. The molecule has 2 atom stereocenters. The molecule has 0 saturated heterocycles. The number of nitrogens with one attached hydrogen (secondary N) is 1. The Morgan fingerprint density at radius 2 is 2.00 bits per heavy atom. The van der Waals surface area contributed by atoms with Crippen LogP contribution in [-0.2, 0) is 9.53 Å². The molecule has 1 aliphatic rings. The van der Waals surface area contributed by atoms with E-state index < -0.39 is 0 Å². The first-order valence-electron chi connectivity index (χ1n) is 6.87. The maximum atomic E-state index is 11.8. The number of ether oxygens (including phenoxy) is 1. The Hall–Kier alpha value is -1.71. The highest BCUT2D eigenvalue weighted by Gasteiger charge is 2.24. The van der Waals surface area contributed by atoms with Gasteiger partial charge in [-0.05, 0) is 49.4 Å². The topological polar surface area (TPSA) is 58.6 Å². The van der Waals surface area contributed by atoms with Crippen molar-refractivity contribution in [1.82, 2.24) is 0 Å². The molecule has 2 unspecified atom stereocenters. The molecule has 0 spiro atoms. The van der Waals surface area contributed by atoms with Crippen molar-refractivity contribution in [3.05, 3.63) is 24.3 Å². The minimum atomic E-state index is -0.216. The quantitative estimate of drug-likeness (QED) is 0.647. The summed E-state index contributed by atoms with van der Waals surface area (Å²) in [4.78, 5) is 11.8. The maximum Gasteiger partial charge on any atom is 0.325 e. The summed E-state index contributed by atoms with van der Waals surface area (Å²) in [7, 11) is 0. The van der Waals surface area contributed by atoms with Crippen LogP contribution in [0.3, 0.4) is 0 Å². The number of phenolic OH excluding ortho intramolecular Hbond substituents is 1. The Bertz CT molecular complexity index is 416. The van der Waals surface area contributed by atoms with Crippen molar-refractivity contribution in [2.24, 2.45) is 5.92 Å². The Balaban J connectivity index is 1.76. The minimum absolute atomic E-state index is 0.0721. The van der Waals surface area contributed by atoms with Gasteiger partial charge in [0.25, 0.3) is 0 Å². The average molecular weight is 263 g/mol. The van der Waals surface area contributed by atoms with Gasteiger partial charge in [0.15, 0.2) is 0 Å². The number of carbonyl (C=O) groups is 1. The van der Waals surface area contributed by atoms with Gasteiger partial charge in [-0.15, -0.1) is 0 Å². The third kappa shape index (κ3) is 4.16. The van der Waals surface area contributed by atoms with Crippen molar-refractivity contribution in [3.63, 3.8) is 0 Å². The molecule has 0 radical (unpaired) electrons. The van der Waals surface area contributed by atoms with Gasteiger partial charge < -0.3 is 15.2 Å². The molecule has 1 aromatic carbocycles. The average Bonchev–Trinajstić information content (AvgIpc) is 2.41. The summed E-state index contributed by atoms with van der Waals surface area (Å²) >= 11 is 0. The molecule has 0 aromatic heterocycles. The number of aromatic hydroxyl groups is 1. The molecule has 2 N–H and O–H groups in total. The zero-order valence-corrected chi connectivity index (χ0v) is 11.3. The summed E-state index contributed by atoms with van der Waals surface area (Å²) in [5, 5.41) is 12.2. The first-order valence-corrected chi connectivity index (χ1v) is 6.87. The van der Waals surface area contributed by atoms with Crippen molar-refractivity contribution in [3.8, 4) is 5.75 Å². The van der Waals surface area contributed by atoms with Gasteiger partial charge >= 0.3 is 5.97 Å². The van der Waals surface area contributed by atoms with Crippen LogP contribution >= 0.6 is 0 Å². The number of phenols is 1. The predicted octanol–water partition coefficient (Wildman–Crippen LogP) is 2.93. The number of hydrogen-bond donors (Lipinski definition) is 2. The second-order valence-electron chi connectivity index (χ2n) is 5.19. The minimum Gasteiger partial charge on any atom is -0.508 e. The van der Waals surface area contributed by atoms with Crippen molar-refractivity contribution in [2.75, 3.05) is 11.9 Å². The third-order valence-electron chi connectivity index (χ3n) is 3.62. The number of rotatable bonds is 4. The molecule has 1 fully saturated rings. The van der Waals surface area contributed by atoms with E-state index in [4.69, 9.17) is 9.84 Å². The molecule has 0 aliphatic heterocycles. The first-order chi connectivity index (χ1) is 9.15. The highest BCUT2D eigenvalue weighted by atomic mass is 16.5. The summed E-state index contributed by atoms with van der Waals surface area (Å²) in [5.74, 6) is 0.461. The summed E-state index contributed by atoms with van der Waals surface area (Å²) < 4.78 is 5.50. The fourth-order valence-corrected chi connectivity index (χ4v) is 2.42. The lowest BCUT2D eigenvalue weighted by atomic mass is 9.88. The molecule has 1 aromatic rings. The maximum absolute atomic E-state index is 11.8. The highest BCUT2D eigenvalue weighted by Crippen LogP contribution is 2.26.